The SMILES string of the molecule is CC(C)c1noc(N2CCC(C(C)Oc3nc4ccc(C(C=S)=CN)nc4s3)CC2)n1. The molecule has 1 saturated heterocycles. The number of rotatable bonds is 7. The van der Waals surface area contributed by atoms with Crippen LogP contribution in [0, 0.1) is 5.92 Å². The molecular weight excluding hydrogens is 432 g/mol. The number of thiazole rings is 1. The van der Waals surface area contributed by atoms with Crippen LogP contribution in [-0.4, -0.2) is 44.7 Å². The lowest BCUT2D eigenvalue weighted by Crippen LogP contribution is -2.38. The highest BCUT2D eigenvalue weighted by Crippen LogP contribution is 2.31. The highest BCUT2D eigenvalue weighted by atomic mass is 32.1. The third kappa shape index (κ3) is 4.69. The minimum absolute atomic E-state index is 0.0524. The second kappa shape index (κ2) is 9.27. The molecule has 1 aliphatic heterocycles. The number of nitrogens with two attached hydrogens (primary N) is 1. The topological polar surface area (TPSA) is 103 Å². The fraction of sp³-hybridized carbons (Fsp3) is 0.476. The van der Waals surface area contributed by atoms with Crippen molar-refractivity contribution in [2.24, 2.45) is 11.7 Å². The van der Waals surface area contributed by atoms with Crippen LogP contribution in [0.4, 0.5) is 6.01 Å². The third-order valence-electron chi connectivity index (χ3n) is 5.55. The molecule has 2 N–H and O–H groups in total. The lowest BCUT2D eigenvalue weighted by molar-refractivity contribution is 0.131. The molecule has 10 heteroatoms. The van der Waals surface area contributed by atoms with E-state index in [2.05, 4.69) is 45.8 Å². The summed E-state index contributed by atoms with van der Waals surface area (Å²) >= 11 is 6.44. The van der Waals surface area contributed by atoms with E-state index >= 15 is 0 Å². The second-order valence-electron chi connectivity index (χ2n) is 7.98. The summed E-state index contributed by atoms with van der Waals surface area (Å²) in [5.74, 6) is 1.44. The van der Waals surface area contributed by atoms with E-state index < -0.39 is 0 Å². The molecule has 0 aromatic carbocycles. The van der Waals surface area contributed by atoms with Crippen molar-refractivity contribution >= 4 is 50.9 Å². The first-order chi connectivity index (χ1) is 15.0. The molecule has 0 radical (unpaired) electrons. The van der Waals surface area contributed by atoms with Gasteiger partial charge in [-0.1, -0.05) is 42.6 Å². The molecule has 4 heterocycles. The Morgan fingerprint density at radius 2 is 2.03 bits per heavy atom. The minimum atomic E-state index is 0.0524. The van der Waals surface area contributed by atoms with Crippen molar-refractivity contribution < 1.29 is 9.26 Å². The Morgan fingerprint density at radius 3 is 2.68 bits per heavy atom. The molecule has 0 spiro atoms. The molecule has 1 atom stereocenters. The first-order valence-electron chi connectivity index (χ1n) is 10.4. The van der Waals surface area contributed by atoms with Gasteiger partial charge in [0.2, 0.25) is 0 Å². The van der Waals surface area contributed by atoms with E-state index in [0.29, 0.717) is 17.1 Å². The molecule has 0 amide bonds. The van der Waals surface area contributed by atoms with E-state index in [-0.39, 0.29) is 12.0 Å². The number of anilines is 1. The summed E-state index contributed by atoms with van der Waals surface area (Å²) in [6, 6.07) is 4.41. The molecule has 0 bridgehead atoms. The molecule has 8 nitrogen and oxygen atoms in total. The zero-order valence-corrected chi connectivity index (χ0v) is 19.4. The predicted molar refractivity (Wildman–Crippen MR) is 127 cm³/mol. The van der Waals surface area contributed by atoms with E-state index in [9.17, 15) is 0 Å². The second-order valence-corrected chi connectivity index (χ2v) is 9.15. The van der Waals surface area contributed by atoms with E-state index in [4.69, 9.17) is 27.2 Å². The number of pyridine rings is 1. The lowest BCUT2D eigenvalue weighted by Gasteiger charge is -2.33. The van der Waals surface area contributed by atoms with Crippen molar-refractivity contribution in [3.8, 4) is 5.19 Å². The number of piperidine rings is 1. The van der Waals surface area contributed by atoms with Crippen LogP contribution in [0.5, 0.6) is 5.19 Å². The number of nitrogens with zero attached hydrogens (tertiary/aromatic N) is 5. The van der Waals surface area contributed by atoms with Gasteiger partial charge in [-0.05, 0) is 37.8 Å². The fourth-order valence-electron chi connectivity index (χ4n) is 3.60. The summed E-state index contributed by atoms with van der Waals surface area (Å²) in [5.41, 5.74) is 7.89. The zero-order chi connectivity index (χ0) is 22.0. The molecular formula is C21H26N6O2S2. The van der Waals surface area contributed by atoms with Gasteiger partial charge >= 0.3 is 6.01 Å². The normalized spacial score (nSPS) is 16.8. The summed E-state index contributed by atoms with van der Waals surface area (Å²) < 4.78 is 11.6. The van der Waals surface area contributed by atoms with E-state index in [0.717, 1.165) is 53.4 Å². The highest BCUT2D eigenvalue weighted by molar-refractivity contribution is 7.79. The van der Waals surface area contributed by atoms with Gasteiger partial charge in [0, 0.05) is 36.1 Å². The van der Waals surface area contributed by atoms with Crippen LogP contribution in [0.15, 0.2) is 22.9 Å². The van der Waals surface area contributed by atoms with Crippen LogP contribution in [0.2, 0.25) is 0 Å². The molecule has 0 aliphatic carbocycles. The number of hydrogen-bond donors (Lipinski definition) is 1. The zero-order valence-electron chi connectivity index (χ0n) is 17.8. The van der Waals surface area contributed by atoms with Crippen molar-refractivity contribution in [2.45, 2.75) is 45.6 Å². The predicted octanol–water partition coefficient (Wildman–Crippen LogP) is 4.18. The van der Waals surface area contributed by atoms with Crippen molar-refractivity contribution in [3.05, 3.63) is 29.9 Å². The van der Waals surface area contributed by atoms with Gasteiger partial charge in [-0.3, -0.25) is 0 Å². The average molecular weight is 459 g/mol. The summed E-state index contributed by atoms with van der Waals surface area (Å²) in [6.45, 7) is 7.97. The first kappa shape index (κ1) is 21.6. The Labute approximate surface area is 190 Å². The first-order valence-corrected chi connectivity index (χ1v) is 11.7. The van der Waals surface area contributed by atoms with Gasteiger partial charge < -0.3 is 19.9 Å². The summed E-state index contributed by atoms with van der Waals surface area (Å²) in [5, 5.41) is 6.23. The lowest BCUT2D eigenvalue weighted by atomic mass is 9.92. The van der Waals surface area contributed by atoms with Crippen LogP contribution in [0.1, 0.15) is 51.0 Å². The van der Waals surface area contributed by atoms with Gasteiger partial charge in [0.15, 0.2) is 5.82 Å². The highest BCUT2D eigenvalue weighted by Gasteiger charge is 2.28. The average Bonchev–Trinajstić information content (AvgIpc) is 3.41. The Balaban J connectivity index is 1.37. The van der Waals surface area contributed by atoms with Crippen molar-refractivity contribution in [2.75, 3.05) is 18.0 Å². The minimum Gasteiger partial charge on any atom is -0.467 e. The van der Waals surface area contributed by atoms with Gasteiger partial charge in [0.05, 0.1) is 5.69 Å². The Hall–Kier alpha value is -2.59. The maximum Gasteiger partial charge on any atom is 0.324 e. The van der Waals surface area contributed by atoms with Gasteiger partial charge in [-0.15, -0.1) is 0 Å². The molecule has 1 fully saturated rings. The van der Waals surface area contributed by atoms with Gasteiger partial charge in [0.1, 0.15) is 16.5 Å². The molecule has 31 heavy (non-hydrogen) atoms. The number of hydrogen-bond acceptors (Lipinski definition) is 10. The summed E-state index contributed by atoms with van der Waals surface area (Å²) in [7, 11) is 0. The van der Waals surface area contributed by atoms with E-state index in [1.807, 2.05) is 12.1 Å². The monoisotopic (exact) mass is 458 g/mol. The molecule has 3 aromatic rings. The third-order valence-corrected chi connectivity index (χ3v) is 6.66. The summed E-state index contributed by atoms with van der Waals surface area (Å²) in [6.07, 6.45) is 3.50. The van der Waals surface area contributed by atoms with Crippen molar-refractivity contribution in [3.63, 3.8) is 0 Å². The van der Waals surface area contributed by atoms with Crippen LogP contribution >= 0.6 is 23.6 Å². The number of thiocarbonyl (C=S) groups is 1. The number of fused-ring (bicyclic) bond motifs is 1. The molecule has 1 unspecified atom stereocenters. The van der Waals surface area contributed by atoms with Crippen LogP contribution < -0.4 is 15.4 Å². The maximum atomic E-state index is 6.20. The summed E-state index contributed by atoms with van der Waals surface area (Å²) in [4.78, 5) is 16.7. The smallest absolute Gasteiger partial charge is 0.324 e. The van der Waals surface area contributed by atoms with Gasteiger partial charge in [0.25, 0.3) is 5.19 Å². The van der Waals surface area contributed by atoms with Crippen molar-refractivity contribution in [1.29, 1.82) is 0 Å². The van der Waals surface area contributed by atoms with E-state index in [1.165, 1.54) is 22.9 Å². The maximum absolute atomic E-state index is 6.20. The number of ether oxygens (including phenoxy) is 1. The molecule has 1 aliphatic rings. The van der Waals surface area contributed by atoms with Crippen molar-refractivity contribution in [1.82, 2.24) is 20.1 Å². The molecule has 4 rings (SSSR count). The number of allylic oxidation sites excluding steroid dienone is 1. The quantitative estimate of drug-likeness (QED) is 0.412. The molecule has 164 valence electrons. The molecule has 0 saturated carbocycles. The fourth-order valence-corrected chi connectivity index (χ4v) is 4.67. The Kier molecular flexibility index (Phi) is 6.47. The van der Waals surface area contributed by atoms with Gasteiger partial charge in [-0.2, -0.15) is 4.98 Å². The standard InChI is InChI=1S/C21H26N6O2S2/c1-12(2)18-25-20(29-26-18)27-8-6-14(7-9-27)13(3)28-21-24-17-5-4-16(15(10-22)11-30)23-19(17)31-21/h4-5,10-14H,6-9,22H2,1-3H3. The van der Waals surface area contributed by atoms with E-state index in [1.54, 1.807) is 0 Å². The Morgan fingerprint density at radius 1 is 1.26 bits per heavy atom. The van der Waals surface area contributed by atoms with Crippen LogP contribution in [0.3, 0.4) is 0 Å². The van der Waals surface area contributed by atoms with Gasteiger partial charge in [-0.25, -0.2) is 9.97 Å². The molecule has 3 aromatic heterocycles. The Bertz CT molecular complexity index is 1080. The van der Waals surface area contributed by atoms with Crippen LogP contribution in [-0.2, 0) is 0 Å². The van der Waals surface area contributed by atoms with Crippen LogP contribution in [0.25, 0.3) is 15.9 Å². The largest absolute Gasteiger partial charge is 0.467 e. The number of aromatic nitrogens is 4.